The number of nitrogens with one attached hydrogen (secondary N) is 1. The largest absolute Gasteiger partial charge is 0.383 e. The molecule has 23 heavy (non-hydrogen) atoms. The van der Waals surface area contributed by atoms with Gasteiger partial charge in [-0.3, -0.25) is 4.79 Å². The van der Waals surface area contributed by atoms with Crippen molar-refractivity contribution in [3.8, 4) is 0 Å². The minimum atomic E-state index is -0.973. The van der Waals surface area contributed by atoms with Gasteiger partial charge in [-0.25, -0.2) is 4.98 Å². The van der Waals surface area contributed by atoms with Crippen LogP contribution in [0.4, 0.5) is 0 Å². The summed E-state index contributed by atoms with van der Waals surface area (Å²) in [4.78, 5) is 17.1. The van der Waals surface area contributed by atoms with Crippen molar-refractivity contribution in [2.24, 2.45) is 0 Å². The van der Waals surface area contributed by atoms with Crippen molar-refractivity contribution in [1.29, 1.82) is 0 Å². The van der Waals surface area contributed by atoms with Gasteiger partial charge in [0.2, 0.25) is 5.91 Å². The van der Waals surface area contributed by atoms with Crippen molar-refractivity contribution < 1.29 is 9.90 Å². The first-order valence-electron chi connectivity index (χ1n) is 7.76. The Morgan fingerprint density at radius 1 is 1.48 bits per heavy atom. The second-order valence-electron chi connectivity index (χ2n) is 5.88. The summed E-state index contributed by atoms with van der Waals surface area (Å²) in [6.07, 6.45) is 7.57. The molecule has 120 valence electrons. The number of thiazole rings is 1. The molecule has 2 aromatic rings. The van der Waals surface area contributed by atoms with E-state index in [0.29, 0.717) is 6.42 Å². The minimum absolute atomic E-state index is 0.201. The third kappa shape index (κ3) is 3.68. The van der Waals surface area contributed by atoms with Crippen molar-refractivity contribution >= 4 is 23.3 Å². The number of nitrogens with zero attached hydrogens (tertiary/aromatic N) is 1. The molecule has 0 saturated carbocycles. The van der Waals surface area contributed by atoms with Crippen molar-refractivity contribution in [2.45, 2.75) is 31.8 Å². The first-order chi connectivity index (χ1) is 11.1. The zero-order valence-electron chi connectivity index (χ0n) is 13.1. The molecule has 0 aliphatic heterocycles. The number of rotatable bonds is 4. The fourth-order valence-corrected chi connectivity index (χ4v) is 3.67. The monoisotopic (exact) mass is 328 g/mol. The van der Waals surface area contributed by atoms with Gasteiger partial charge in [-0.15, -0.1) is 11.3 Å². The molecule has 5 heteroatoms. The van der Waals surface area contributed by atoms with Crippen LogP contribution in [0.5, 0.6) is 0 Å². The highest BCUT2D eigenvalue weighted by atomic mass is 32.1. The van der Waals surface area contributed by atoms with E-state index < -0.39 is 5.60 Å². The molecule has 0 spiro atoms. The lowest BCUT2D eigenvalue weighted by molar-refractivity contribution is -0.118. The van der Waals surface area contributed by atoms with Crippen LogP contribution in [-0.4, -0.2) is 22.5 Å². The Bertz CT molecular complexity index is 738. The number of carbonyl (C=O) groups excluding carboxylic acids is 1. The van der Waals surface area contributed by atoms with E-state index >= 15 is 0 Å². The highest BCUT2D eigenvalue weighted by Gasteiger charge is 2.34. The number of aliphatic hydroxyl groups is 1. The normalized spacial score (nSPS) is 20.4. The first kappa shape index (κ1) is 15.9. The summed E-state index contributed by atoms with van der Waals surface area (Å²) >= 11 is 1.54. The van der Waals surface area contributed by atoms with Gasteiger partial charge >= 0.3 is 0 Å². The van der Waals surface area contributed by atoms with Crippen LogP contribution in [0.2, 0.25) is 0 Å². The van der Waals surface area contributed by atoms with Gasteiger partial charge in [0.05, 0.1) is 11.6 Å². The lowest BCUT2D eigenvalue weighted by atomic mass is 9.79. The number of fused-ring (bicyclic) bond motifs is 1. The average molecular weight is 328 g/mol. The summed E-state index contributed by atoms with van der Waals surface area (Å²) < 4.78 is 0. The molecule has 1 atom stereocenters. The van der Waals surface area contributed by atoms with Crippen LogP contribution in [-0.2, 0) is 16.8 Å². The molecule has 0 radical (unpaired) electrons. The Labute approximate surface area is 139 Å². The molecular weight excluding hydrogens is 308 g/mol. The number of hydrogen-bond donors (Lipinski definition) is 2. The van der Waals surface area contributed by atoms with Crippen LogP contribution in [0.3, 0.4) is 0 Å². The second-order valence-corrected chi connectivity index (χ2v) is 7.14. The lowest BCUT2D eigenvalue weighted by Gasteiger charge is -2.34. The zero-order valence-corrected chi connectivity index (χ0v) is 13.9. The van der Waals surface area contributed by atoms with Crippen molar-refractivity contribution in [2.75, 3.05) is 6.54 Å². The standard InChI is InChI=1S/C18H20N2O2S/c1-13-19-11-15(23-13)8-9-17(21)20-12-18(22)10-4-6-14-5-2-3-7-16(14)18/h2-3,5,7-9,11,22H,4,6,10,12H2,1H3,(H,20,21)/b9-8+. The number of aromatic nitrogens is 1. The van der Waals surface area contributed by atoms with Crippen molar-refractivity contribution in [3.63, 3.8) is 0 Å². The summed E-state index contributed by atoms with van der Waals surface area (Å²) in [6, 6.07) is 7.93. The topological polar surface area (TPSA) is 62.2 Å². The van der Waals surface area contributed by atoms with E-state index in [9.17, 15) is 9.90 Å². The fourth-order valence-electron chi connectivity index (χ4n) is 2.99. The van der Waals surface area contributed by atoms with Crippen molar-refractivity contribution in [1.82, 2.24) is 10.3 Å². The maximum atomic E-state index is 12.0. The second kappa shape index (κ2) is 6.64. The van der Waals surface area contributed by atoms with Gasteiger partial charge in [0.1, 0.15) is 5.60 Å². The van der Waals surface area contributed by atoms with E-state index in [-0.39, 0.29) is 12.5 Å². The van der Waals surface area contributed by atoms with Gasteiger partial charge in [-0.2, -0.15) is 0 Å². The summed E-state index contributed by atoms with van der Waals surface area (Å²) in [5.41, 5.74) is 1.14. The van der Waals surface area contributed by atoms with Gasteiger partial charge in [0.25, 0.3) is 0 Å². The molecule has 1 aliphatic carbocycles. The maximum Gasteiger partial charge on any atom is 0.244 e. The molecule has 1 heterocycles. The van der Waals surface area contributed by atoms with Crippen LogP contribution >= 0.6 is 11.3 Å². The predicted molar refractivity (Wildman–Crippen MR) is 92.2 cm³/mol. The van der Waals surface area contributed by atoms with Gasteiger partial charge in [0, 0.05) is 17.2 Å². The molecule has 1 aliphatic rings. The van der Waals surface area contributed by atoms with Crippen LogP contribution in [0.25, 0.3) is 6.08 Å². The molecule has 1 unspecified atom stereocenters. The van der Waals surface area contributed by atoms with E-state index in [2.05, 4.69) is 10.3 Å². The number of aryl methyl sites for hydroxylation is 2. The highest BCUT2D eigenvalue weighted by Crippen LogP contribution is 2.34. The molecule has 1 aromatic carbocycles. The maximum absolute atomic E-state index is 12.0. The van der Waals surface area contributed by atoms with Crippen LogP contribution < -0.4 is 5.32 Å². The number of amides is 1. The number of carbonyl (C=O) groups is 1. The predicted octanol–water partition coefficient (Wildman–Crippen LogP) is 2.81. The zero-order chi connectivity index (χ0) is 16.3. The van der Waals surface area contributed by atoms with E-state index in [1.807, 2.05) is 31.2 Å². The number of benzene rings is 1. The van der Waals surface area contributed by atoms with E-state index in [1.54, 1.807) is 12.3 Å². The summed E-state index contributed by atoms with van der Waals surface area (Å²) in [7, 11) is 0. The Balaban J connectivity index is 1.64. The lowest BCUT2D eigenvalue weighted by Crippen LogP contribution is -2.42. The van der Waals surface area contributed by atoms with Gasteiger partial charge in [-0.05, 0) is 43.4 Å². The average Bonchev–Trinajstić information content (AvgIpc) is 2.97. The quantitative estimate of drug-likeness (QED) is 0.849. The van der Waals surface area contributed by atoms with E-state index in [1.165, 1.54) is 23.0 Å². The Hall–Kier alpha value is -1.98. The Kier molecular flexibility index (Phi) is 4.59. The molecule has 0 bridgehead atoms. The van der Waals surface area contributed by atoms with Gasteiger partial charge in [-0.1, -0.05) is 24.3 Å². The molecule has 1 aromatic heterocycles. The first-order valence-corrected chi connectivity index (χ1v) is 8.58. The highest BCUT2D eigenvalue weighted by molar-refractivity contribution is 7.12. The van der Waals surface area contributed by atoms with Crippen LogP contribution in [0, 0.1) is 6.92 Å². The summed E-state index contributed by atoms with van der Waals surface area (Å²) in [6.45, 7) is 2.16. The summed E-state index contributed by atoms with van der Waals surface area (Å²) in [5.74, 6) is -0.201. The van der Waals surface area contributed by atoms with E-state index in [0.717, 1.165) is 28.3 Å². The minimum Gasteiger partial charge on any atom is -0.383 e. The Morgan fingerprint density at radius 3 is 3.09 bits per heavy atom. The van der Waals surface area contributed by atoms with Crippen molar-refractivity contribution in [3.05, 3.63) is 57.6 Å². The molecule has 2 N–H and O–H groups in total. The molecule has 3 rings (SSSR count). The van der Waals surface area contributed by atoms with E-state index in [4.69, 9.17) is 0 Å². The fraction of sp³-hybridized carbons (Fsp3) is 0.333. The molecule has 0 saturated heterocycles. The Morgan fingerprint density at radius 2 is 2.30 bits per heavy atom. The summed E-state index contributed by atoms with van der Waals surface area (Å²) in [5, 5.41) is 14.7. The van der Waals surface area contributed by atoms with Crippen LogP contribution in [0.1, 0.15) is 33.9 Å². The van der Waals surface area contributed by atoms with Crippen LogP contribution in [0.15, 0.2) is 36.5 Å². The molecule has 1 amide bonds. The molecule has 4 nitrogen and oxygen atoms in total. The molecular formula is C18H20N2O2S. The molecule has 0 fully saturated rings. The van der Waals surface area contributed by atoms with Gasteiger partial charge < -0.3 is 10.4 Å². The smallest absolute Gasteiger partial charge is 0.244 e. The van der Waals surface area contributed by atoms with Gasteiger partial charge in [0.15, 0.2) is 0 Å². The third-order valence-corrected chi connectivity index (χ3v) is 5.03. The number of hydrogen-bond acceptors (Lipinski definition) is 4. The third-order valence-electron chi connectivity index (χ3n) is 4.15. The SMILES string of the molecule is Cc1ncc(/C=C/C(=O)NCC2(O)CCCc3ccccc32)s1.